The summed E-state index contributed by atoms with van der Waals surface area (Å²) in [5.74, 6) is -1.10. The Bertz CT molecular complexity index is 576. The van der Waals surface area contributed by atoms with E-state index in [0.29, 0.717) is 6.42 Å². The van der Waals surface area contributed by atoms with E-state index in [0.717, 1.165) is 16.3 Å². The van der Waals surface area contributed by atoms with Gasteiger partial charge in [-0.25, -0.2) is 9.78 Å². The predicted octanol–water partition coefficient (Wildman–Crippen LogP) is 2.28. The second kappa shape index (κ2) is 5.46. The number of carbonyl (C=O) groups is 1. The summed E-state index contributed by atoms with van der Waals surface area (Å²) in [4.78, 5) is 15.0. The van der Waals surface area contributed by atoms with E-state index in [-0.39, 0.29) is 5.70 Å². The fourth-order valence-corrected chi connectivity index (χ4v) is 2.20. The van der Waals surface area contributed by atoms with E-state index >= 15 is 0 Å². The highest BCUT2D eigenvalue weighted by atomic mass is 32.1. The fourth-order valence-electron chi connectivity index (χ4n) is 1.43. The molecule has 0 spiro atoms. The van der Waals surface area contributed by atoms with Gasteiger partial charge in [0, 0.05) is 17.4 Å². The monoisotopic (exact) mass is 260 g/mol. The number of nitrogens with two attached hydrogens (primary N) is 1. The summed E-state index contributed by atoms with van der Waals surface area (Å²) in [6.07, 6.45) is 1.91. The van der Waals surface area contributed by atoms with Crippen molar-refractivity contribution in [3.05, 3.63) is 52.5 Å². The average molecular weight is 260 g/mol. The van der Waals surface area contributed by atoms with E-state index in [1.54, 1.807) is 0 Å². The van der Waals surface area contributed by atoms with Crippen LogP contribution >= 0.6 is 11.3 Å². The van der Waals surface area contributed by atoms with E-state index in [1.807, 2.05) is 35.7 Å². The average Bonchev–Trinajstić information content (AvgIpc) is 2.85. The highest BCUT2D eigenvalue weighted by Crippen LogP contribution is 2.21. The van der Waals surface area contributed by atoms with Crippen molar-refractivity contribution in [1.82, 2.24) is 4.98 Å². The minimum atomic E-state index is -1.10. The Balaban J connectivity index is 2.12. The third-order valence-electron chi connectivity index (χ3n) is 2.36. The van der Waals surface area contributed by atoms with Gasteiger partial charge in [-0.1, -0.05) is 30.3 Å². The number of hydrogen-bond acceptors (Lipinski definition) is 4. The zero-order valence-corrected chi connectivity index (χ0v) is 10.4. The molecule has 1 aromatic heterocycles. The number of benzene rings is 1. The number of nitrogens with zero attached hydrogens (tertiary/aromatic N) is 1. The number of hydrogen-bond donors (Lipinski definition) is 2. The molecule has 1 aromatic carbocycles. The van der Waals surface area contributed by atoms with Gasteiger partial charge in [0.05, 0.1) is 10.7 Å². The van der Waals surface area contributed by atoms with Gasteiger partial charge in [0.1, 0.15) is 5.70 Å². The molecule has 0 aliphatic rings. The van der Waals surface area contributed by atoms with Gasteiger partial charge in [-0.2, -0.15) is 0 Å². The van der Waals surface area contributed by atoms with Crippen molar-refractivity contribution in [2.24, 2.45) is 5.73 Å². The summed E-state index contributed by atoms with van der Waals surface area (Å²) in [6, 6.07) is 9.83. The third-order valence-corrected chi connectivity index (χ3v) is 3.24. The molecular weight excluding hydrogens is 248 g/mol. The van der Waals surface area contributed by atoms with Gasteiger partial charge >= 0.3 is 5.97 Å². The SMILES string of the molecule is N/C(=C/Cc1nc(-c2ccccc2)cs1)C(=O)O. The van der Waals surface area contributed by atoms with Gasteiger partial charge in [-0.3, -0.25) is 0 Å². The van der Waals surface area contributed by atoms with Gasteiger partial charge < -0.3 is 10.8 Å². The molecule has 0 amide bonds. The lowest BCUT2D eigenvalue weighted by Crippen LogP contribution is -2.09. The van der Waals surface area contributed by atoms with Crippen LogP contribution in [0.4, 0.5) is 0 Å². The Hall–Kier alpha value is -2.14. The predicted molar refractivity (Wildman–Crippen MR) is 71.2 cm³/mol. The van der Waals surface area contributed by atoms with Crippen molar-refractivity contribution >= 4 is 17.3 Å². The van der Waals surface area contributed by atoms with Crippen molar-refractivity contribution < 1.29 is 9.90 Å². The fraction of sp³-hybridized carbons (Fsp3) is 0.0769. The molecule has 18 heavy (non-hydrogen) atoms. The van der Waals surface area contributed by atoms with Gasteiger partial charge in [-0.05, 0) is 6.08 Å². The lowest BCUT2D eigenvalue weighted by atomic mass is 10.2. The molecule has 0 aliphatic carbocycles. The smallest absolute Gasteiger partial charge is 0.351 e. The van der Waals surface area contributed by atoms with Crippen LogP contribution in [0.1, 0.15) is 5.01 Å². The number of carboxylic acids is 1. The van der Waals surface area contributed by atoms with Crippen molar-refractivity contribution in [3.63, 3.8) is 0 Å². The summed E-state index contributed by atoms with van der Waals surface area (Å²) in [6.45, 7) is 0. The van der Waals surface area contributed by atoms with Crippen LogP contribution in [0.15, 0.2) is 47.5 Å². The van der Waals surface area contributed by atoms with Crippen LogP contribution in [-0.4, -0.2) is 16.1 Å². The molecule has 0 unspecified atom stereocenters. The number of carboxylic acid groups (broad SMARTS) is 1. The van der Waals surface area contributed by atoms with E-state index in [4.69, 9.17) is 10.8 Å². The van der Waals surface area contributed by atoms with Crippen molar-refractivity contribution in [1.29, 1.82) is 0 Å². The Morgan fingerprint density at radius 1 is 1.39 bits per heavy atom. The largest absolute Gasteiger partial charge is 0.477 e. The zero-order valence-electron chi connectivity index (χ0n) is 9.54. The van der Waals surface area contributed by atoms with Crippen LogP contribution in [-0.2, 0) is 11.2 Å². The lowest BCUT2D eigenvalue weighted by Gasteiger charge is -1.94. The molecule has 92 valence electrons. The Labute approximate surface area is 108 Å². The van der Waals surface area contributed by atoms with Crippen LogP contribution in [0.3, 0.4) is 0 Å². The summed E-state index contributed by atoms with van der Waals surface area (Å²) in [7, 11) is 0. The van der Waals surface area contributed by atoms with E-state index < -0.39 is 5.97 Å². The topological polar surface area (TPSA) is 76.2 Å². The number of thiazole rings is 1. The maximum atomic E-state index is 10.5. The van der Waals surface area contributed by atoms with E-state index in [1.165, 1.54) is 17.4 Å². The zero-order chi connectivity index (χ0) is 13.0. The first-order valence-corrected chi connectivity index (χ1v) is 6.23. The molecular formula is C13H12N2O2S. The van der Waals surface area contributed by atoms with Crippen molar-refractivity contribution in [3.8, 4) is 11.3 Å². The molecule has 5 heteroatoms. The first-order chi connectivity index (χ1) is 8.66. The standard InChI is InChI=1S/C13H12N2O2S/c14-10(13(16)17)6-7-12-15-11(8-18-12)9-4-2-1-3-5-9/h1-6,8H,7,14H2,(H,16,17)/b10-6+. The Kier molecular flexibility index (Phi) is 3.74. The highest BCUT2D eigenvalue weighted by molar-refractivity contribution is 7.10. The van der Waals surface area contributed by atoms with Crippen molar-refractivity contribution in [2.45, 2.75) is 6.42 Å². The quantitative estimate of drug-likeness (QED) is 0.827. The minimum absolute atomic E-state index is 0.147. The van der Waals surface area contributed by atoms with Gasteiger partial charge in [0.25, 0.3) is 0 Å². The molecule has 0 bridgehead atoms. The van der Waals surface area contributed by atoms with Crippen LogP contribution in [0.5, 0.6) is 0 Å². The van der Waals surface area contributed by atoms with Crippen molar-refractivity contribution in [2.75, 3.05) is 0 Å². The van der Waals surface area contributed by atoms with Crippen LogP contribution in [0, 0.1) is 0 Å². The van der Waals surface area contributed by atoms with E-state index in [2.05, 4.69) is 4.98 Å². The summed E-state index contributed by atoms with van der Waals surface area (Å²) < 4.78 is 0. The molecule has 4 nitrogen and oxygen atoms in total. The highest BCUT2D eigenvalue weighted by Gasteiger charge is 2.05. The number of allylic oxidation sites excluding steroid dienone is 1. The first-order valence-electron chi connectivity index (χ1n) is 5.35. The molecule has 1 heterocycles. The summed E-state index contributed by atoms with van der Waals surface area (Å²) >= 11 is 1.49. The Morgan fingerprint density at radius 3 is 2.78 bits per heavy atom. The van der Waals surface area contributed by atoms with Gasteiger partial charge in [0.2, 0.25) is 0 Å². The van der Waals surface area contributed by atoms with Gasteiger partial charge in [-0.15, -0.1) is 11.3 Å². The molecule has 2 rings (SSSR count). The maximum absolute atomic E-state index is 10.5. The molecule has 0 aliphatic heterocycles. The molecule has 0 saturated heterocycles. The second-order valence-electron chi connectivity index (χ2n) is 3.66. The minimum Gasteiger partial charge on any atom is -0.477 e. The summed E-state index contributed by atoms with van der Waals surface area (Å²) in [5, 5.41) is 11.4. The lowest BCUT2D eigenvalue weighted by molar-refractivity contribution is -0.132. The number of rotatable bonds is 4. The summed E-state index contributed by atoms with van der Waals surface area (Å²) in [5.41, 5.74) is 7.13. The van der Waals surface area contributed by atoms with E-state index in [9.17, 15) is 4.79 Å². The van der Waals surface area contributed by atoms with Crippen LogP contribution in [0.2, 0.25) is 0 Å². The molecule has 0 radical (unpaired) electrons. The molecule has 0 atom stereocenters. The maximum Gasteiger partial charge on any atom is 0.351 e. The van der Waals surface area contributed by atoms with Gasteiger partial charge in [0.15, 0.2) is 0 Å². The molecule has 3 N–H and O–H groups in total. The second-order valence-corrected chi connectivity index (χ2v) is 4.60. The normalized spacial score (nSPS) is 11.4. The molecule has 0 saturated carbocycles. The number of aromatic nitrogens is 1. The molecule has 0 fully saturated rings. The molecule has 2 aromatic rings. The first kappa shape index (κ1) is 12.3. The Morgan fingerprint density at radius 2 is 2.11 bits per heavy atom. The third kappa shape index (κ3) is 2.95. The number of aliphatic carboxylic acids is 1. The van der Waals surface area contributed by atoms with Crippen LogP contribution < -0.4 is 5.73 Å². The van der Waals surface area contributed by atoms with Crippen LogP contribution in [0.25, 0.3) is 11.3 Å².